The van der Waals surface area contributed by atoms with Crippen molar-refractivity contribution < 1.29 is 19.1 Å². The summed E-state index contributed by atoms with van der Waals surface area (Å²) in [6.07, 6.45) is 2.42. The lowest BCUT2D eigenvalue weighted by molar-refractivity contribution is -0.132. The Labute approximate surface area is 124 Å². The van der Waals surface area contributed by atoms with Crippen LogP contribution >= 0.6 is 0 Å². The van der Waals surface area contributed by atoms with Crippen LogP contribution in [0.15, 0.2) is 24.3 Å². The number of likely N-dealkylation sites (tertiary alicyclic amines) is 1. The number of ether oxygens (including phenoxy) is 2. The summed E-state index contributed by atoms with van der Waals surface area (Å²) in [5.41, 5.74) is 1.40. The Morgan fingerprint density at radius 3 is 2.29 bits per heavy atom. The summed E-state index contributed by atoms with van der Waals surface area (Å²) in [7, 11) is 3.06. The third kappa shape index (κ3) is 4.04. The van der Waals surface area contributed by atoms with Crippen LogP contribution in [0.4, 0.5) is 0 Å². The number of hydrogen-bond acceptors (Lipinski definition) is 4. The molecule has 5 nitrogen and oxygen atoms in total. The fourth-order valence-corrected chi connectivity index (χ4v) is 2.50. The molecule has 0 spiro atoms. The van der Waals surface area contributed by atoms with Crippen LogP contribution in [0.1, 0.15) is 28.8 Å². The number of hydrogen-bond donors (Lipinski definition) is 0. The smallest absolute Gasteiger partial charge is 0.337 e. The quantitative estimate of drug-likeness (QED) is 0.792. The molecule has 0 atom stereocenters. The van der Waals surface area contributed by atoms with Crippen molar-refractivity contribution in [3.8, 4) is 0 Å². The maximum atomic E-state index is 12.2. The van der Waals surface area contributed by atoms with Crippen molar-refractivity contribution in [2.45, 2.75) is 25.4 Å². The maximum Gasteiger partial charge on any atom is 0.337 e. The number of carbonyl (C=O) groups excluding carboxylic acids is 2. The average Bonchev–Trinajstić information content (AvgIpc) is 2.55. The number of esters is 1. The van der Waals surface area contributed by atoms with Gasteiger partial charge in [0, 0.05) is 20.2 Å². The van der Waals surface area contributed by atoms with Crippen LogP contribution in [0, 0.1) is 0 Å². The van der Waals surface area contributed by atoms with Crippen LogP contribution in [0.25, 0.3) is 0 Å². The molecule has 1 heterocycles. The number of methoxy groups -OCH3 is 2. The number of rotatable bonds is 4. The van der Waals surface area contributed by atoms with E-state index in [0.29, 0.717) is 12.0 Å². The third-order valence-electron chi connectivity index (χ3n) is 3.86. The summed E-state index contributed by atoms with van der Waals surface area (Å²) in [6.45, 7) is 1.50. The first kappa shape index (κ1) is 15.5. The zero-order chi connectivity index (χ0) is 15.2. The minimum absolute atomic E-state index is 0.121. The molecular formula is C16H21NO4. The van der Waals surface area contributed by atoms with E-state index < -0.39 is 0 Å². The van der Waals surface area contributed by atoms with Gasteiger partial charge in [-0.1, -0.05) is 12.1 Å². The van der Waals surface area contributed by atoms with Crippen molar-refractivity contribution in [1.82, 2.24) is 4.90 Å². The lowest BCUT2D eigenvalue weighted by atomic mass is 10.1. The number of carbonyl (C=O) groups is 2. The molecule has 5 heteroatoms. The van der Waals surface area contributed by atoms with Gasteiger partial charge in [0.1, 0.15) is 0 Å². The monoisotopic (exact) mass is 291 g/mol. The zero-order valence-electron chi connectivity index (χ0n) is 12.5. The Balaban J connectivity index is 1.89. The van der Waals surface area contributed by atoms with Crippen molar-refractivity contribution in [3.63, 3.8) is 0 Å². The van der Waals surface area contributed by atoms with Crippen LogP contribution in [0.3, 0.4) is 0 Å². The topological polar surface area (TPSA) is 55.8 Å². The van der Waals surface area contributed by atoms with Crippen LogP contribution < -0.4 is 0 Å². The molecule has 1 aromatic rings. The Kier molecular flexibility index (Phi) is 5.33. The highest BCUT2D eigenvalue weighted by Crippen LogP contribution is 2.15. The molecule has 2 rings (SSSR count). The Bertz CT molecular complexity index is 490. The first-order chi connectivity index (χ1) is 10.1. The second kappa shape index (κ2) is 7.22. The lowest BCUT2D eigenvalue weighted by Crippen LogP contribution is -2.41. The number of nitrogens with zero attached hydrogens (tertiary/aromatic N) is 1. The van der Waals surface area contributed by atoms with Gasteiger partial charge in [0.15, 0.2) is 0 Å². The van der Waals surface area contributed by atoms with Gasteiger partial charge in [-0.05, 0) is 30.5 Å². The summed E-state index contributed by atoms with van der Waals surface area (Å²) in [5, 5.41) is 0. The zero-order valence-corrected chi connectivity index (χ0v) is 12.5. The predicted molar refractivity (Wildman–Crippen MR) is 78.1 cm³/mol. The molecule has 1 aliphatic rings. The van der Waals surface area contributed by atoms with Gasteiger partial charge in [0.2, 0.25) is 5.91 Å². The van der Waals surface area contributed by atoms with E-state index in [9.17, 15) is 9.59 Å². The SMILES string of the molecule is COC(=O)c1ccc(CC(=O)N2CCC(OC)CC2)cc1. The van der Waals surface area contributed by atoms with Crippen molar-refractivity contribution in [3.05, 3.63) is 35.4 Å². The number of piperidine rings is 1. The highest BCUT2D eigenvalue weighted by Gasteiger charge is 2.22. The molecule has 0 saturated carbocycles. The summed E-state index contributed by atoms with van der Waals surface area (Å²) < 4.78 is 9.95. The molecule has 0 aromatic heterocycles. The molecule has 0 radical (unpaired) electrons. The van der Waals surface area contributed by atoms with Gasteiger partial charge in [0.05, 0.1) is 25.2 Å². The van der Waals surface area contributed by atoms with E-state index >= 15 is 0 Å². The molecule has 1 aromatic carbocycles. The van der Waals surface area contributed by atoms with E-state index in [-0.39, 0.29) is 18.0 Å². The summed E-state index contributed by atoms with van der Waals surface area (Å²) >= 11 is 0. The summed E-state index contributed by atoms with van der Waals surface area (Å²) in [4.78, 5) is 25.5. The molecule has 0 unspecified atom stereocenters. The van der Waals surface area contributed by atoms with Crippen molar-refractivity contribution in [2.24, 2.45) is 0 Å². The molecule has 1 aliphatic heterocycles. The second-order valence-corrected chi connectivity index (χ2v) is 5.18. The largest absolute Gasteiger partial charge is 0.465 e. The molecule has 0 N–H and O–H groups in total. The van der Waals surface area contributed by atoms with Crippen LogP contribution in [0.5, 0.6) is 0 Å². The summed E-state index contributed by atoms with van der Waals surface area (Å²) in [6, 6.07) is 6.97. The van der Waals surface area contributed by atoms with Crippen molar-refractivity contribution >= 4 is 11.9 Å². The van der Waals surface area contributed by atoms with Gasteiger partial charge in [-0.3, -0.25) is 4.79 Å². The molecule has 1 fully saturated rings. The minimum Gasteiger partial charge on any atom is -0.465 e. The molecule has 0 aliphatic carbocycles. The standard InChI is InChI=1S/C16H21NO4/c1-20-14-7-9-17(10-8-14)15(18)11-12-3-5-13(6-4-12)16(19)21-2/h3-6,14H,7-11H2,1-2H3. The maximum absolute atomic E-state index is 12.2. The minimum atomic E-state index is -0.366. The first-order valence-electron chi connectivity index (χ1n) is 7.12. The normalized spacial score (nSPS) is 15.8. The fraction of sp³-hybridized carbons (Fsp3) is 0.500. The molecule has 21 heavy (non-hydrogen) atoms. The highest BCUT2D eigenvalue weighted by molar-refractivity contribution is 5.89. The Hall–Kier alpha value is -1.88. The van der Waals surface area contributed by atoms with E-state index in [1.807, 2.05) is 4.90 Å². The molecular weight excluding hydrogens is 270 g/mol. The first-order valence-corrected chi connectivity index (χ1v) is 7.12. The molecule has 0 bridgehead atoms. The number of benzene rings is 1. The van der Waals surface area contributed by atoms with E-state index in [0.717, 1.165) is 31.5 Å². The Morgan fingerprint density at radius 1 is 1.14 bits per heavy atom. The van der Waals surface area contributed by atoms with Crippen LogP contribution in [-0.2, 0) is 20.7 Å². The Morgan fingerprint density at radius 2 is 1.76 bits per heavy atom. The van der Waals surface area contributed by atoms with Gasteiger partial charge < -0.3 is 14.4 Å². The van der Waals surface area contributed by atoms with E-state index in [1.54, 1.807) is 31.4 Å². The lowest BCUT2D eigenvalue weighted by Gasteiger charge is -2.31. The van der Waals surface area contributed by atoms with Crippen molar-refractivity contribution in [1.29, 1.82) is 0 Å². The van der Waals surface area contributed by atoms with Crippen molar-refractivity contribution in [2.75, 3.05) is 27.3 Å². The third-order valence-corrected chi connectivity index (χ3v) is 3.86. The van der Waals surface area contributed by atoms with Gasteiger partial charge in [-0.25, -0.2) is 4.79 Å². The number of amides is 1. The van der Waals surface area contributed by atoms with Gasteiger partial charge in [-0.2, -0.15) is 0 Å². The molecule has 114 valence electrons. The molecule has 1 saturated heterocycles. The van der Waals surface area contributed by atoms with E-state index in [4.69, 9.17) is 4.74 Å². The predicted octanol–water partition coefficient (Wildman–Crippen LogP) is 1.65. The van der Waals surface area contributed by atoms with Gasteiger partial charge in [-0.15, -0.1) is 0 Å². The second-order valence-electron chi connectivity index (χ2n) is 5.18. The van der Waals surface area contributed by atoms with Crippen LogP contribution in [-0.4, -0.2) is 50.2 Å². The van der Waals surface area contributed by atoms with E-state index in [2.05, 4.69) is 4.74 Å². The average molecular weight is 291 g/mol. The summed E-state index contributed by atoms with van der Waals surface area (Å²) in [5.74, 6) is -0.245. The highest BCUT2D eigenvalue weighted by atomic mass is 16.5. The fourth-order valence-electron chi connectivity index (χ4n) is 2.50. The van der Waals surface area contributed by atoms with E-state index in [1.165, 1.54) is 7.11 Å². The van der Waals surface area contributed by atoms with Gasteiger partial charge in [0.25, 0.3) is 0 Å². The van der Waals surface area contributed by atoms with Gasteiger partial charge >= 0.3 is 5.97 Å². The van der Waals surface area contributed by atoms with Crippen LogP contribution in [0.2, 0.25) is 0 Å². The molecule has 1 amide bonds.